The molecule has 0 fully saturated rings. The largest absolute Gasteiger partial charge is 0.488 e. The quantitative estimate of drug-likeness (QED) is 0.398. The molecule has 2 nitrogen and oxygen atoms in total. The van der Waals surface area contributed by atoms with Crippen LogP contribution >= 0.6 is 24.0 Å². The van der Waals surface area contributed by atoms with Gasteiger partial charge in [0.2, 0.25) is 0 Å². The van der Waals surface area contributed by atoms with Crippen LogP contribution in [0.4, 0.5) is 4.39 Å². The normalized spacial score (nSPS) is 13.6. The smallest absolute Gasteiger partial charge is 0.129 e. The molecule has 0 bridgehead atoms. The molecule has 146 valence electrons. The highest BCUT2D eigenvalue weighted by atomic mass is 35.5. The minimum atomic E-state index is -0.248. The van der Waals surface area contributed by atoms with Gasteiger partial charge in [-0.05, 0) is 62.9 Å². The summed E-state index contributed by atoms with van der Waals surface area (Å²) in [6.07, 6.45) is 8.56. The molecule has 1 aliphatic rings. The number of benzene rings is 2. The number of ether oxygens (including phenoxy) is 1. The van der Waals surface area contributed by atoms with Crippen LogP contribution in [0.15, 0.2) is 54.1 Å². The van der Waals surface area contributed by atoms with Crippen molar-refractivity contribution in [2.75, 3.05) is 6.54 Å². The predicted octanol–water partition coefficient (Wildman–Crippen LogP) is 6.46. The lowest BCUT2D eigenvalue weighted by Gasteiger charge is -2.15. The third-order valence-electron chi connectivity index (χ3n) is 4.69. The summed E-state index contributed by atoms with van der Waals surface area (Å²) in [5.41, 5.74) is 3.10. The fourth-order valence-corrected chi connectivity index (χ4v) is 3.40. The Balaban J connectivity index is 0.00000261. The van der Waals surface area contributed by atoms with Crippen molar-refractivity contribution in [2.24, 2.45) is 0 Å². The Kier molecular flexibility index (Phi) is 9.12. The average Bonchev–Trinajstić information content (AvgIpc) is 2.66. The highest BCUT2D eigenvalue weighted by molar-refractivity contribution is 6.30. The maximum atomic E-state index is 13.8. The van der Waals surface area contributed by atoms with E-state index < -0.39 is 0 Å². The summed E-state index contributed by atoms with van der Waals surface area (Å²) in [5.74, 6) is 0.490. The SMILES string of the molecule is Cl.Fc1ccccc1COc1ccc(Cl)cc1CNCCC1=CCCCC1. The molecule has 0 aliphatic heterocycles. The molecule has 0 heterocycles. The van der Waals surface area contributed by atoms with E-state index in [4.69, 9.17) is 16.3 Å². The van der Waals surface area contributed by atoms with E-state index >= 15 is 0 Å². The van der Waals surface area contributed by atoms with Gasteiger partial charge in [-0.15, -0.1) is 12.4 Å². The van der Waals surface area contributed by atoms with Crippen LogP contribution in [0.3, 0.4) is 0 Å². The Morgan fingerprint density at radius 1 is 1.07 bits per heavy atom. The van der Waals surface area contributed by atoms with Gasteiger partial charge < -0.3 is 10.1 Å². The molecule has 0 spiro atoms. The number of hydrogen-bond donors (Lipinski definition) is 1. The van der Waals surface area contributed by atoms with Crippen molar-refractivity contribution >= 4 is 24.0 Å². The molecule has 3 rings (SSSR count). The lowest BCUT2D eigenvalue weighted by molar-refractivity contribution is 0.296. The van der Waals surface area contributed by atoms with Crippen molar-refractivity contribution < 1.29 is 9.13 Å². The monoisotopic (exact) mass is 409 g/mol. The molecule has 2 aromatic carbocycles. The van der Waals surface area contributed by atoms with Gasteiger partial charge in [0.15, 0.2) is 0 Å². The zero-order valence-corrected chi connectivity index (χ0v) is 16.9. The summed E-state index contributed by atoms with van der Waals surface area (Å²) in [6.45, 7) is 1.82. The first-order valence-corrected chi connectivity index (χ1v) is 9.63. The second-order valence-corrected chi connectivity index (χ2v) is 7.10. The van der Waals surface area contributed by atoms with Gasteiger partial charge >= 0.3 is 0 Å². The molecule has 0 unspecified atom stereocenters. The van der Waals surface area contributed by atoms with Crippen LogP contribution in [0.5, 0.6) is 5.75 Å². The van der Waals surface area contributed by atoms with E-state index in [-0.39, 0.29) is 24.8 Å². The van der Waals surface area contributed by atoms with Crippen LogP contribution in [-0.4, -0.2) is 6.54 Å². The molecule has 0 saturated heterocycles. The number of nitrogens with one attached hydrogen (secondary N) is 1. The van der Waals surface area contributed by atoms with Crippen molar-refractivity contribution in [1.82, 2.24) is 5.32 Å². The number of hydrogen-bond acceptors (Lipinski definition) is 2. The maximum absolute atomic E-state index is 13.8. The van der Waals surface area contributed by atoms with Crippen molar-refractivity contribution in [3.05, 3.63) is 76.1 Å². The Bertz CT molecular complexity index is 764. The minimum absolute atomic E-state index is 0. The number of halogens is 3. The Labute approximate surface area is 172 Å². The number of allylic oxidation sites excluding steroid dienone is 1. The van der Waals surface area contributed by atoms with Crippen LogP contribution in [0.1, 0.15) is 43.2 Å². The summed E-state index contributed by atoms with van der Waals surface area (Å²) in [5, 5.41) is 4.15. The Morgan fingerprint density at radius 2 is 1.93 bits per heavy atom. The maximum Gasteiger partial charge on any atom is 0.129 e. The van der Waals surface area contributed by atoms with E-state index in [1.165, 1.54) is 31.7 Å². The van der Waals surface area contributed by atoms with E-state index in [0.717, 1.165) is 24.3 Å². The first-order chi connectivity index (χ1) is 12.7. The highest BCUT2D eigenvalue weighted by Gasteiger charge is 2.08. The molecule has 0 aromatic heterocycles. The van der Waals surface area contributed by atoms with E-state index in [1.807, 2.05) is 18.2 Å². The number of rotatable bonds is 8. The summed E-state index contributed by atoms with van der Waals surface area (Å²) < 4.78 is 19.6. The van der Waals surface area contributed by atoms with Crippen LogP contribution in [0.2, 0.25) is 5.02 Å². The third kappa shape index (κ3) is 6.84. The van der Waals surface area contributed by atoms with E-state index in [2.05, 4.69) is 11.4 Å². The van der Waals surface area contributed by atoms with Gasteiger partial charge in [-0.3, -0.25) is 0 Å². The zero-order chi connectivity index (χ0) is 18.2. The molecule has 0 radical (unpaired) electrons. The Hall–Kier alpha value is -1.55. The molecule has 27 heavy (non-hydrogen) atoms. The zero-order valence-electron chi connectivity index (χ0n) is 15.3. The summed E-state index contributed by atoms with van der Waals surface area (Å²) in [7, 11) is 0. The van der Waals surface area contributed by atoms with Gasteiger partial charge in [0.1, 0.15) is 18.2 Å². The topological polar surface area (TPSA) is 21.3 Å². The Morgan fingerprint density at radius 3 is 2.70 bits per heavy atom. The second kappa shape index (κ2) is 11.3. The van der Waals surface area contributed by atoms with Gasteiger partial charge in [0, 0.05) is 22.7 Å². The fourth-order valence-electron chi connectivity index (χ4n) is 3.20. The third-order valence-corrected chi connectivity index (χ3v) is 4.92. The van der Waals surface area contributed by atoms with Gasteiger partial charge in [-0.2, -0.15) is 0 Å². The van der Waals surface area contributed by atoms with Crippen LogP contribution in [0, 0.1) is 5.82 Å². The van der Waals surface area contributed by atoms with Crippen molar-refractivity contribution in [2.45, 2.75) is 45.3 Å². The van der Waals surface area contributed by atoms with E-state index in [9.17, 15) is 4.39 Å². The van der Waals surface area contributed by atoms with Crippen molar-refractivity contribution in [3.8, 4) is 5.75 Å². The summed E-state index contributed by atoms with van der Waals surface area (Å²) in [4.78, 5) is 0. The molecule has 0 atom stereocenters. The standard InChI is InChI=1S/C22H25ClFNO.ClH/c23-20-10-11-22(26-16-18-8-4-5-9-21(18)24)19(14-20)15-25-13-12-17-6-2-1-3-7-17;/h4-6,8-11,14,25H,1-3,7,12-13,15-16H2;1H. The first kappa shape index (κ1) is 21.7. The summed E-state index contributed by atoms with van der Waals surface area (Å²) in [6, 6.07) is 12.2. The van der Waals surface area contributed by atoms with Crippen molar-refractivity contribution in [3.63, 3.8) is 0 Å². The van der Waals surface area contributed by atoms with Crippen LogP contribution < -0.4 is 10.1 Å². The second-order valence-electron chi connectivity index (χ2n) is 6.67. The van der Waals surface area contributed by atoms with Gasteiger partial charge in [-0.25, -0.2) is 4.39 Å². The summed E-state index contributed by atoms with van der Waals surface area (Å²) >= 11 is 6.14. The van der Waals surface area contributed by atoms with Gasteiger partial charge in [0.05, 0.1) is 0 Å². The lowest BCUT2D eigenvalue weighted by atomic mass is 9.97. The highest BCUT2D eigenvalue weighted by Crippen LogP contribution is 2.24. The van der Waals surface area contributed by atoms with Crippen molar-refractivity contribution in [1.29, 1.82) is 0 Å². The van der Waals surface area contributed by atoms with Crippen LogP contribution in [-0.2, 0) is 13.2 Å². The fraction of sp³-hybridized carbons (Fsp3) is 0.364. The van der Waals surface area contributed by atoms with E-state index in [1.54, 1.807) is 23.8 Å². The lowest BCUT2D eigenvalue weighted by Crippen LogP contribution is -2.16. The molecule has 0 amide bonds. The average molecular weight is 410 g/mol. The first-order valence-electron chi connectivity index (χ1n) is 9.25. The molecule has 1 aliphatic carbocycles. The predicted molar refractivity (Wildman–Crippen MR) is 112 cm³/mol. The molecule has 1 N–H and O–H groups in total. The van der Waals surface area contributed by atoms with E-state index in [0.29, 0.717) is 17.1 Å². The molecule has 5 heteroatoms. The molecule has 2 aromatic rings. The molecular formula is C22H26Cl2FNO. The minimum Gasteiger partial charge on any atom is -0.488 e. The van der Waals surface area contributed by atoms with Gasteiger partial charge in [-0.1, -0.05) is 41.4 Å². The van der Waals surface area contributed by atoms with Gasteiger partial charge in [0.25, 0.3) is 0 Å². The van der Waals surface area contributed by atoms with Crippen LogP contribution in [0.25, 0.3) is 0 Å². The molecule has 0 saturated carbocycles. The molecular weight excluding hydrogens is 384 g/mol.